The van der Waals surface area contributed by atoms with Crippen molar-refractivity contribution >= 4 is 22.6 Å². The second-order valence-corrected chi connectivity index (χ2v) is 3.69. The first-order chi connectivity index (χ1) is 7.24. The summed E-state index contributed by atoms with van der Waals surface area (Å²) >= 11 is 5.82. The number of halogens is 1. The summed E-state index contributed by atoms with van der Waals surface area (Å²) in [5.74, 6) is 0.497. The monoisotopic (exact) mass is 225 g/mol. The topological polar surface area (TPSA) is 60.7 Å². The Balaban J connectivity index is 2.49. The molecule has 5 heteroatoms. The third kappa shape index (κ3) is 1.91. The first-order valence-electron chi connectivity index (χ1n) is 4.70. The Bertz CT molecular complexity index is 513. The molecule has 0 saturated carbocycles. The molecule has 0 bridgehead atoms. The number of rotatable bonds is 3. The summed E-state index contributed by atoms with van der Waals surface area (Å²) in [7, 11) is 1.86. The molecule has 2 rings (SSSR count). The average Bonchev–Trinajstić information content (AvgIpc) is 2.59. The Kier molecular flexibility index (Phi) is 2.79. The van der Waals surface area contributed by atoms with Crippen LogP contribution in [0.5, 0.6) is 0 Å². The van der Waals surface area contributed by atoms with Gasteiger partial charge in [-0.2, -0.15) is 0 Å². The zero-order valence-corrected chi connectivity index (χ0v) is 9.06. The minimum Gasteiger partial charge on any atom is -0.312 e. The Morgan fingerprint density at radius 1 is 1.40 bits per heavy atom. The summed E-state index contributed by atoms with van der Waals surface area (Å²) in [6.45, 7) is 0. The molecule has 4 nitrogen and oxygen atoms in total. The maximum absolute atomic E-state index is 11.1. The fourth-order valence-electron chi connectivity index (χ4n) is 1.60. The Morgan fingerprint density at radius 3 is 2.80 bits per heavy atom. The highest BCUT2D eigenvalue weighted by atomic mass is 35.5. The summed E-state index contributed by atoms with van der Waals surface area (Å²) in [4.78, 5) is 16.5. The van der Waals surface area contributed by atoms with Crippen LogP contribution < -0.4 is 11.0 Å². The van der Waals surface area contributed by atoms with Gasteiger partial charge in [0.2, 0.25) is 0 Å². The van der Waals surface area contributed by atoms with Crippen LogP contribution in [0.25, 0.3) is 11.0 Å². The zero-order valence-electron chi connectivity index (χ0n) is 8.30. The van der Waals surface area contributed by atoms with E-state index in [1.54, 1.807) is 0 Å². The van der Waals surface area contributed by atoms with Gasteiger partial charge < -0.3 is 15.3 Å². The number of hydrogen-bond acceptors (Lipinski definition) is 2. The van der Waals surface area contributed by atoms with Gasteiger partial charge in [0.05, 0.1) is 11.0 Å². The molecule has 0 aliphatic heterocycles. The van der Waals surface area contributed by atoms with Gasteiger partial charge >= 0.3 is 5.69 Å². The van der Waals surface area contributed by atoms with Crippen LogP contribution in [-0.2, 0) is 0 Å². The van der Waals surface area contributed by atoms with E-state index >= 15 is 0 Å². The molecule has 3 N–H and O–H groups in total. The van der Waals surface area contributed by atoms with Crippen molar-refractivity contribution in [2.24, 2.45) is 0 Å². The van der Waals surface area contributed by atoms with Gasteiger partial charge in [-0.25, -0.2) is 4.79 Å². The van der Waals surface area contributed by atoms with Gasteiger partial charge in [-0.3, -0.25) is 0 Å². The van der Waals surface area contributed by atoms with E-state index in [0.29, 0.717) is 5.88 Å². The number of alkyl halides is 1. The molecule has 15 heavy (non-hydrogen) atoms. The molecule has 1 atom stereocenters. The average molecular weight is 226 g/mol. The van der Waals surface area contributed by atoms with Crippen LogP contribution in [0.3, 0.4) is 0 Å². The van der Waals surface area contributed by atoms with E-state index in [1.807, 2.05) is 25.2 Å². The quantitative estimate of drug-likeness (QED) is 0.691. The maximum Gasteiger partial charge on any atom is 0.323 e. The van der Waals surface area contributed by atoms with Gasteiger partial charge in [0.1, 0.15) is 0 Å². The minimum absolute atomic E-state index is 0.106. The lowest BCUT2D eigenvalue weighted by atomic mass is 10.1. The smallest absolute Gasteiger partial charge is 0.312 e. The largest absolute Gasteiger partial charge is 0.323 e. The van der Waals surface area contributed by atoms with Crippen molar-refractivity contribution < 1.29 is 0 Å². The number of fused-ring (bicyclic) bond motifs is 1. The summed E-state index contributed by atoms with van der Waals surface area (Å²) in [6.07, 6.45) is 0. The Labute approximate surface area is 91.7 Å². The number of benzene rings is 1. The van der Waals surface area contributed by atoms with Crippen molar-refractivity contribution in [2.45, 2.75) is 6.04 Å². The van der Waals surface area contributed by atoms with Crippen LogP contribution >= 0.6 is 11.6 Å². The molecule has 1 heterocycles. The molecular formula is C10H12ClN3O. The van der Waals surface area contributed by atoms with Gasteiger partial charge in [0, 0.05) is 11.9 Å². The fourth-order valence-corrected chi connectivity index (χ4v) is 1.93. The number of nitrogens with one attached hydrogen (secondary N) is 3. The molecule has 0 amide bonds. The zero-order chi connectivity index (χ0) is 10.8. The molecule has 0 aliphatic rings. The van der Waals surface area contributed by atoms with Crippen molar-refractivity contribution in [3.63, 3.8) is 0 Å². The second-order valence-electron chi connectivity index (χ2n) is 3.38. The maximum atomic E-state index is 11.1. The Morgan fingerprint density at radius 2 is 2.13 bits per heavy atom. The first-order valence-corrected chi connectivity index (χ1v) is 5.23. The molecule has 0 spiro atoms. The molecule has 1 aromatic heterocycles. The van der Waals surface area contributed by atoms with Gasteiger partial charge in [-0.15, -0.1) is 11.6 Å². The fraction of sp³-hybridized carbons (Fsp3) is 0.300. The number of hydrogen-bond donors (Lipinski definition) is 3. The van der Waals surface area contributed by atoms with E-state index in [-0.39, 0.29) is 11.7 Å². The van der Waals surface area contributed by atoms with Crippen LogP contribution in [0.1, 0.15) is 11.6 Å². The minimum atomic E-state index is -0.186. The molecule has 1 unspecified atom stereocenters. The summed E-state index contributed by atoms with van der Waals surface area (Å²) in [5, 5.41) is 3.11. The van der Waals surface area contributed by atoms with E-state index < -0.39 is 0 Å². The number of aromatic nitrogens is 2. The lowest BCUT2D eigenvalue weighted by Crippen LogP contribution is -2.17. The molecule has 80 valence electrons. The third-order valence-corrected chi connectivity index (χ3v) is 2.75. The van der Waals surface area contributed by atoms with Crippen molar-refractivity contribution in [1.29, 1.82) is 0 Å². The van der Waals surface area contributed by atoms with E-state index in [2.05, 4.69) is 15.3 Å². The van der Waals surface area contributed by atoms with Crippen LogP contribution in [0.15, 0.2) is 23.0 Å². The predicted molar refractivity (Wildman–Crippen MR) is 61.4 cm³/mol. The standard InChI is InChI=1S/C10H12ClN3O/c1-12-9(5-11)6-2-3-7-8(4-6)14-10(15)13-7/h2-4,9,12H,5H2,1H3,(H2,13,14,15). The van der Waals surface area contributed by atoms with Gasteiger partial charge in [-0.1, -0.05) is 6.07 Å². The summed E-state index contributed by atoms with van der Waals surface area (Å²) in [6, 6.07) is 5.86. The molecule has 1 aromatic carbocycles. The lowest BCUT2D eigenvalue weighted by Gasteiger charge is -2.12. The van der Waals surface area contributed by atoms with Crippen molar-refractivity contribution in [1.82, 2.24) is 15.3 Å². The first kappa shape index (κ1) is 10.3. The highest BCUT2D eigenvalue weighted by Crippen LogP contribution is 2.17. The van der Waals surface area contributed by atoms with E-state index in [4.69, 9.17) is 11.6 Å². The van der Waals surface area contributed by atoms with E-state index in [0.717, 1.165) is 16.6 Å². The van der Waals surface area contributed by atoms with Crippen molar-refractivity contribution in [2.75, 3.05) is 12.9 Å². The number of H-pyrrole nitrogens is 2. The molecule has 0 radical (unpaired) electrons. The Hall–Kier alpha value is -1.26. The van der Waals surface area contributed by atoms with Gasteiger partial charge in [-0.05, 0) is 24.7 Å². The molecule has 0 fully saturated rings. The van der Waals surface area contributed by atoms with Crippen LogP contribution in [-0.4, -0.2) is 22.9 Å². The number of imidazole rings is 1. The lowest BCUT2D eigenvalue weighted by molar-refractivity contribution is 0.659. The molecule has 2 aromatic rings. The second kappa shape index (κ2) is 4.08. The predicted octanol–water partition coefficient (Wildman–Crippen LogP) is 1.36. The van der Waals surface area contributed by atoms with E-state index in [9.17, 15) is 4.79 Å². The van der Waals surface area contributed by atoms with Crippen LogP contribution in [0, 0.1) is 0 Å². The van der Waals surface area contributed by atoms with Crippen molar-refractivity contribution in [3.05, 3.63) is 34.2 Å². The normalized spacial score (nSPS) is 13.2. The third-order valence-electron chi connectivity index (χ3n) is 2.45. The van der Waals surface area contributed by atoms with Crippen LogP contribution in [0.4, 0.5) is 0 Å². The molecule has 0 saturated heterocycles. The van der Waals surface area contributed by atoms with Gasteiger partial charge in [0.25, 0.3) is 0 Å². The van der Waals surface area contributed by atoms with Crippen LogP contribution in [0.2, 0.25) is 0 Å². The molecular weight excluding hydrogens is 214 g/mol. The number of aromatic amines is 2. The van der Waals surface area contributed by atoms with E-state index in [1.165, 1.54) is 0 Å². The van der Waals surface area contributed by atoms with Crippen molar-refractivity contribution in [3.8, 4) is 0 Å². The summed E-state index contributed by atoms with van der Waals surface area (Å²) in [5.41, 5.74) is 2.50. The SMILES string of the molecule is CNC(CCl)c1ccc2[nH]c(=O)[nH]c2c1. The molecule has 0 aliphatic carbocycles. The highest BCUT2D eigenvalue weighted by Gasteiger charge is 2.08. The van der Waals surface area contributed by atoms with Gasteiger partial charge in [0.15, 0.2) is 0 Å². The summed E-state index contributed by atoms with van der Waals surface area (Å²) < 4.78 is 0. The highest BCUT2D eigenvalue weighted by molar-refractivity contribution is 6.18.